The molecule has 116 valence electrons. The van der Waals surface area contributed by atoms with Crippen LogP contribution in [0.4, 0.5) is 0 Å². The number of hydrogen-bond donors (Lipinski definition) is 1. The third kappa shape index (κ3) is 5.01. The first-order chi connectivity index (χ1) is 11.2. The van der Waals surface area contributed by atoms with Crippen molar-refractivity contribution in [2.75, 3.05) is 13.7 Å². The number of nitriles is 1. The fourth-order valence-corrected chi connectivity index (χ4v) is 2.08. The van der Waals surface area contributed by atoms with Crippen molar-refractivity contribution < 1.29 is 9.53 Å². The number of ether oxygens (including phenoxy) is 1. The lowest BCUT2D eigenvalue weighted by atomic mass is 10.1. The molecule has 0 atom stereocenters. The van der Waals surface area contributed by atoms with E-state index in [-0.39, 0.29) is 11.5 Å². The van der Waals surface area contributed by atoms with Crippen molar-refractivity contribution in [3.8, 4) is 11.8 Å². The number of nitrogens with zero attached hydrogens (tertiary/aromatic N) is 1. The Morgan fingerprint density at radius 2 is 1.87 bits per heavy atom. The lowest BCUT2D eigenvalue weighted by Gasteiger charge is -2.05. The molecule has 4 heteroatoms. The second-order valence-electron chi connectivity index (χ2n) is 4.93. The summed E-state index contributed by atoms with van der Waals surface area (Å²) in [5.41, 5.74) is 2.01. The van der Waals surface area contributed by atoms with Crippen molar-refractivity contribution in [3.63, 3.8) is 0 Å². The van der Waals surface area contributed by atoms with Gasteiger partial charge in [0.05, 0.1) is 7.11 Å². The Kier molecular flexibility index (Phi) is 5.96. The van der Waals surface area contributed by atoms with E-state index in [1.54, 1.807) is 37.5 Å². The summed E-state index contributed by atoms with van der Waals surface area (Å²) < 4.78 is 5.08. The van der Waals surface area contributed by atoms with Crippen LogP contribution in [0.5, 0.6) is 5.75 Å². The van der Waals surface area contributed by atoms with E-state index in [0.717, 1.165) is 23.3 Å². The molecule has 0 fully saturated rings. The SMILES string of the molecule is COc1ccc(C=C(C#N)C(=O)NCCc2ccccc2)cc1. The fourth-order valence-electron chi connectivity index (χ4n) is 2.08. The molecular formula is C19H18N2O2. The van der Waals surface area contributed by atoms with Crippen LogP contribution in [-0.4, -0.2) is 19.6 Å². The molecule has 2 aromatic carbocycles. The van der Waals surface area contributed by atoms with Gasteiger partial charge in [-0.15, -0.1) is 0 Å². The number of carbonyl (C=O) groups is 1. The number of methoxy groups -OCH3 is 1. The van der Waals surface area contributed by atoms with Crippen molar-refractivity contribution in [2.45, 2.75) is 6.42 Å². The van der Waals surface area contributed by atoms with Gasteiger partial charge < -0.3 is 10.1 Å². The minimum atomic E-state index is -0.362. The average Bonchev–Trinajstić information content (AvgIpc) is 2.61. The van der Waals surface area contributed by atoms with Gasteiger partial charge in [0.2, 0.25) is 0 Å². The fraction of sp³-hybridized carbons (Fsp3) is 0.158. The zero-order valence-electron chi connectivity index (χ0n) is 13.0. The smallest absolute Gasteiger partial charge is 0.261 e. The van der Waals surface area contributed by atoms with E-state index in [2.05, 4.69) is 5.32 Å². The highest BCUT2D eigenvalue weighted by molar-refractivity contribution is 6.01. The van der Waals surface area contributed by atoms with Crippen LogP contribution in [0.1, 0.15) is 11.1 Å². The molecule has 0 aliphatic rings. The molecule has 2 aromatic rings. The Labute approximate surface area is 136 Å². The zero-order valence-corrected chi connectivity index (χ0v) is 13.0. The van der Waals surface area contributed by atoms with Crippen LogP contribution in [0.3, 0.4) is 0 Å². The zero-order chi connectivity index (χ0) is 16.5. The predicted molar refractivity (Wildman–Crippen MR) is 89.7 cm³/mol. The lowest BCUT2D eigenvalue weighted by molar-refractivity contribution is -0.117. The largest absolute Gasteiger partial charge is 0.497 e. The summed E-state index contributed by atoms with van der Waals surface area (Å²) in [5.74, 6) is 0.368. The second-order valence-corrected chi connectivity index (χ2v) is 4.93. The highest BCUT2D eigenvalue weighted by Crippen LogP contribution is 2.14. The standard InChI is InChI=1S/C19H18N2O2/c1-23-18-9-7-16(8-10-18)13-17(14-20)19(22)21-12-11-15-5-3-2-4-6-15/h2-10,13H,11-12H2,1H3,(H,21,22). The molecule has 0 bridgehead atoms. The molecule has 0 spiro atoms. The molecule has 4 nitrogen and oxygen atoms in total. The first-order valence-corrected chi connectivity index (χ1v) is 7.31. The van der Waals surface area contributed by atoms with Gasteiger partial charge in [0, 0.05) is 6.54 Å². The third-order valence-corrected chi connectivity index (χ3v) is 3.33. The van der Waals surface area contributed by atoms with Crippen molar-refractivity contribution in [2.24, 2.45) is 0 Å². The molecule has 0 heterocycles. The van der Waals surface area contributed by atoms with Crippen LogP contribution in [0.25, 0.3) is 6.08 Å². The molecule has 1 N–H and O–H groups in total. The summed E-state index contributed by atoms with van der Waals surface area (Å²) in [6.45, 7) is 0.491. The number of benzene rings is 2. The van der Waals surface area contributed by atoms with Crippen LogP contribution in [0.15, 0.2) is 60.2 Å². The lowest BCUT2D eigenvalue weighted by Crippen LogP contribution is -2.26. The Morgan fingerprint density at radius 1 is 1.17 bits per heavy atom. The molecule has 0 unspecified atom stereocenters. The van der Waals surface area contributed by atoms with E-state index in [9.17, 15) is 10.1 Å². The van der Waals surface area contributed by atoms with Crippen LogP contribution < -0.4 is 10.1 Å². The summed E-state index contributed by atoms with van der Waals surface area (Å²) in [5, 5.41) is 11.9. The highest BCUT2D eigenvalue weighted by Gasteiger charge is 2.08. The normalized spacial score (nSPS) is 10.7. The molecule has 0 radical (unpaired) electrons. The maximum atomic E-state index is 12.1. The van der Waals surface area contributed by atoms with Crippen LogP contribution >= 0.6 is 0 Å². The number of amides is 1. The van der Waals surface area contributed by atoms with E-state index in [1.807, 2.05) is 36.4 Å². The predicted octanol–water partition coefficient (Wildman–Crippen LogP) is 2.96. The van der Waals surface area contributed by atoms with Crippen molar-refractivity contribution >= 4 is 12.0 Å². The van der Waals surface area contributed by atoms with E-state index in [1.165, 1.54) is 0 Å². The van der Waals surface area contributed by atoms with Gasteiger partial charge >= 0.3 is 0 Å². The third-order valence-electron chi connectivity index (χ3n) is 3.33. The Morgan fingerprint density at radius 3 is 2.48 bits per heavy atom. The Hall–Kier alpha value is -3.06. The van der Waals surface area contributed by atoms with Crippen molar-refractivity contribution in [1.82, 2.24) is 5.32 Å². The molecule has 23 heavy (non-hydrogen) atoms. The Balaban J connectivity index is 1.95. The first kappa shape index (κ1) is 16.3. The van der Waals surface area contributed by atoms with Gasteiger partial charge in [-0.25, -0.2) is 0 Å². The molecule has 2 rings (SSSR count). The van der Waals surface area contributed by atoms with Gasteiger partial charge in [0.1, 0.15) is 17.4 Å². The summed E-state index contributed by atoms with van der Waals surface area (Å²) >= 11 is 0. The van der Waals surface area contributed by atoms with Gasteiger partial charge in [0.25, 0.3) is 5.91 Å². The summed E-state index contributed by atoms with van der Waals surface area (Å²) in [6.07, 6.45) is 2.30. The van der Waals surface area contributed by atoms with Crippen LogP contribution in [0, 0.1) is 11.3 Å². The van der Waals surface area contributed by atoms with E-state index >= 15 is 0 Å². The monoisotopic (exact) mass is 306 g/mol. The Bertz CT molecular complexity index is 713. The van der Waals surface area contributed by atoms with Gasteiger partial charge in [-0.2, -0.15) is 5.26 Å². The van der Waals surface area contributed by atoms with Crippen molar-refractivity contribution in [1.29, 1.82) is 5.26 Å². The number of nitrogens with one attached hydrogen (secondary N) is 1. The summed E-state index contributed by atoms with van der Waals surface area (Å²) in [7, 11) is 1.59. The maximum Gasteiger partial charge on any atom is 0.261 e. The minimum Gasteiger partial charge on any atom is -0.497 e. The minimum absolute atomic E-state index is 0.0863. The van der Waals surface area contributed by atoms with E-state index < -0.39 is 0 Å². The maximum absolute atomic E-state index is 12.1. The average molecular weight is 306 g/mol. The van der Waals surface area contributed by atoms with Crippen LogP contribution in [0.2, 0.25) is 0 Å². The van der Waals surface area contributed by atoms with Crippen molar-refractivity contribution in [3.05, 3.63) is 71.3 Å². The van der Waals surface area contributed by atoms with E-state index in [4.69, 9.17) is 4.74 Å². The molecule has 0 aliphatic carbocycles. The number of hydrogen-bond acceptors (Lipinski definition) is 3. The number of carbonyl (C=O) groups excluding carboxylic acids is 1. The highest BCUT2D eigenvalue weighted by atomic mass is 16.5. The van der Waals surface area contributed by atoms with Crippen LogP contribution in [-0.2, 0) is 11.2 Å². The van der Waals surface area contributed by atoms with Gasteiger partial charge in [-0.05, 0) is 35.8 Å². The molecular weight excluding hydrogens is 288 g/mol. The molecule has 1 amide bonds. The summed E-state index contributed by atoms with van der Waals surface area (Å²) in [4.78, 5) is 12.1. The van der Waals surface area contributed by atoms with Gasteiger partial charge in [-0.3, -0.25) is 4.79 Å². The van der Waals surface area contributed by atoms with Gasteiger partial charge in [-0.1, -0.05) is 42.5 Å². The quantitative estimate of drug-likeness (QED) is 0.659. The van der Waals surface area contributed by atoms with Gasteiger partial charge in [0.15, 0.2) is 0 Å². The molecule has 0 aliphatic heterocycles. The number of rotatable bonds is 6. The van der Waals surface area contributed by atoms with E-state index in [0.29, 0.717) is 6.54 Å². The molecule has 0 saturated heterocycles. The molecule has 0 saturated carbocycles. The topological polar surface area (TPSA) is 62.1 Å². The molecule has 0 aromatic heterocycles. The first-order valence-electron chi connectivity index (χ1n) is 7.31. The summed E-state index contributed by atoms with van der Waals surface area (Å²) in [6, 6.07) is 19.0. The second kappa shape index (κ2) is 8.40.